The van der Waals surface area contributed by atoms with Gasteiger partial charge in [0.05, 0.1) is 12.2 Å². The van der Waals surface area contributed by atoms with Crippen LogP contribution in [0.1, 0.15) is 22.8 Å². The highest BCUT2D eigenvalue weighted by molar-refractivity contribution is 6.14. The number of piperazine rings is 1. The Morgan fingerprint density at radius 2 is 1.76 bits per heavy atom. The highest BCUT2D eigenvalue weighted by Crippen LogP contribution is 2.35. The first-order valence-electron chi connectivity index (χ1n) is 10.6. The van der Waals surface area contributed by atoms with Crippen LogP contribution in [0.2, 0.25) is 0 Å². The van der Waals surface area contributed by atoms with Crippen molar-refractivity contribution in [3.8, 4) is 11.5 Å². The van der Waals surface area contributed by atoms with Gasteiger partial charge in [-0.25, -0.2) is 9.18 Å². The minimum absolute atomic E-state index is 0.129. The first-order valence-corrected chi connectivity index (χ1v) is 10.6. The van der Waals surface area contributed by atoms with Gasteiger partial charge in [-0.3, -0.25) is 9.59 Å². The Labute approximate surface area is 190 Å². The van der Waals surface area contributed by atoms with E-state index in [4.69, 9.17) is 14.2 Å². The fraction of sp³-hybridized carbons (Fsp3) is 0.292. The number of Topliss-reactive ketones (excluding diaryl/α,β-unsaturated/α-hetero) is 1. The van der Waals surface area contributed by atoms with Gasteiger partial charge in [0.15, 0.2) is 12.4 Å². The molecule has 1 fully saturated rings. The van der Waals surface area contributed by atoms with Gasteiger partial charge in [-0.1, -0.05) is 12.1 Å². The lowest BCUT2D eigenvalue weighted by molar-refractivity contribution is -0.134. The summed E-state index contributed by atoms with van der Waals surface area (Å²) < 4.78 is 29.3. The summed E-state index contributed by atoms with van der Waals surface area (Å²) in [4.78, 5) is 40.0. The molecule has 0 N–H and O–H groups in total. The van der Waals surface area contributed by atoms with Crippen molar-refractivity contribution in [2.24, 2.45) is 0 Å². The standard InChI is InChI=1S/C24H23FN2O6/c1-2-31-24(30)27-11-9-26(10-12-27)22(28)15-32-18-7-8-19-20(14-18)33-21(23(19)29)13-16-3-5-17(25)6-4-16/h3-8,13-14H,2,9-12,15H2,1H3. The maximum absolute atomic E-state index is 13.1. The summed E-state index contributed by atoms with van der Waals surface area (Å²) in [5.74, 6) is 0.00870. The van der Waals surface area contributed by atoms with Crippen molar-refractivity contribution in [3.05, 3.63) is 65.2 Å². The van der Waals surface area contributed by atoms with E-state index < -0.39 is 0 Å². The Hall–Kier alpha value is -3.88. The summed E-state index contributed by atoms with van der Waals surface area (Å²) in [7, 11) is 0. The fourth-order valence-electron chi connectivity index (χ4n) is 3.56. The quantitative estimate of drug-likeness (QED) is 0.646. The second-order valence-electron chi connectivity index (χ2n) is 7.50. The van der Waals surface area contributed by atoms with Crippen molar-refractivity contribution < 1.29 is 33.0 Å². The number of hydrogen-bond acceptors (Lipinski definition) is 6. The maximum atomic E-state index is 13.1. The average molecular weight is 454 g/mol. The predicted molar refractivity (Wildman–Crippen MR) is 116 cm³/mol. The van der Waals surface area contributed by atoms with E-state index in [9.17, 15) is 18.8 Å². The fourth-order valence-corrected chi connectivity index (χ4v) is 3.56. The Morgan fingerprint density at radius 3 is 2.45 bits per heavy atom. The molecule has 172 valence electrons. The van der Waals surface area contributed by atoms with Gasteiger partial charge in [0, 0.05) is 32.2 Å². The lowest BCUT2D eigenvalue weighted by Crippen LogP contribution is -2.51. The van der Waals surface area contributed by atoms with E-state index in [1.54, 1.807) is 53.1 Å². The van der Waals surface area contributed by atoms with Gasteiger partial charge in [0.1, 0.15) is 17.3 Å². The third kappa shape index (κ3) is 5.14. The third-order valence-electron chi connectivity index (χ3n) is 5.33. The van der Waals surface area contributed by atoms with E-state index in [0.29, 0.717) is 55.4 Å². The molecule has 0 spiro atoms. The number of ether oxygens (including phenoxy) is 3. The second kappa shape index (κ2) is 9.72. The molecule has 2 aliphatic rings. The van der Waals surface area contributed by atoms with Crippen LogP contribution in [0, 0.1) is 5.82 Å². The van der Waals surface area contributed by atoms with E-state index >= 15 is 0 Å². The number of allylic oxidation sites excluding steroid dienone is 1. The van der Waals surface area contributed by atoms with E-state index in [1.807, 2.05) is 0 Å². The summed E-state index contributed by atoms with van der Waals surface area (Å²) in [5, 5.41) is 0. The van der Waals surface area contributed by atoms with E-state index in [0.717, 1.165) is 0 Å². The molecular formula is C24H23FN2O6. The van der Waals surface area contributed by atoms with Gasteiger partial charge in [0.2, 0.25) is 5.78 Å². The number of hydrogen-bond donors (Lipinski definition) is 0. The molecule has 2 aliphatic heterocycles. The minimum Gasteiger partial charge on any atom is -0.484 e. The van der Waals surface area contributed by atoms with Gasteiger partial charge in [-0.2, -0.15) is 0 Å². The number of carbonyl (C=O) groups excluding carboxylic acids is 3. The topological polar surface area (TPSA) is 85.4 Å². The summed E-state index contributed by atoms with van der Waals surface area (Å²) in [5.41, 5.74) is 1.02. The van der Waals surface area contributed by atoms with Crippen molar-refractivity contribution in [1.82, 2.24) is 9.80 Å². The molecule has 2 aromatic rings. The lowest BCUT2D eigenvalue weighted by atomic mass is 10.1. The second-order valence-corrected chi connectivity index (χ2v) is 7.50. The molecule has 0 radical (unpaired) electrons. The van der Waals surface area contributed by atoms with Gasteiger partial charge in [-0.05, 0) is 42.8 Å². The molecule has 0 unspecified atom stereocenters. The lowest BCUT2D eigenvalue weighted by Gasteiger charge is -2.33. The van der Waals surface area contributed by atoms with Crippen molar-refractivity contribution in [3.63, 3.8) is 0 Å². The largest absolute Gasteiger partial charge is 0.484 e. The van der Waals surface area contributed by atoms with Crippen LogP contribution in [0.25, 0.3) is 6.08 Å². The Bertz CT molecular complexity index is 1090. The van der Waals surface area contributed by atoms with Crippen molar-refractivity contribution in [2.45, 2.75) is 6.92 Å². The number of carbonyl (C=O) groups is 3. The van der Waals surface area contributed by atoms with Crippen molar-refractivity contribution >= 4 is 23.9 Å². The highest BCUT2D eigenvalue weighted by atomic mass is 19.1. The van der Waals surface area contributed by atoms with E-state index in [2.05, 4.69) is 0 Å². The summed E-state index contributed by atoms with van der Waals surface area (Å²) >= 11 is 0. The maximum Gasteiger partial charge on any atom is 0.409 e. The molecule has 33 heavy (non-hydrogen) atoms. The molecule has 0 aromatic heterocycles. The minimum atomic E-state index is -0.374. The van der Waals surface area contributed by atoms with Crippen LogP contribution in [-0.2, 0) is 9.53 Å². The molecule has 0 saturated carbocycles. The summed E-state index contributed by atoms with van der Waals surface area (Å²) in [6.07, 6.45) is 1.17. The van der Waals surface area contributed by atoms with Crippen LogP contribution in [-0.4, -0.2) is 67.0 Å². The van der Waals surface area contributed by atoms with Crippen LogP contribution < -0.4 is 9.47 Å². The molecule has 4 rings (SSSR count). The zero-order chi connectivity index (χ0) is 23.4. The first kappa shape index (κ1) is 22.3. The van der Waals surface area contributed by atoms with Crippen LogP contribution in [0.15, 0.2) is 48.2 Å². The zero-order valence-corrected chi connectivity index (χ0v) is 18.1. The third-order valence-corrected chi connectivity index (χ3v) is 5.33. The van der Waals surface area contributed by atoms with Gasteiger partial charge < -0.3 is 24.0 Å². The monoisotopic (exact) mass is 454 g/mol. The first-order chi connectivity index (χ1) is 15.9. The number of nitrogens with zero attached hydrogens (tertiary/aromatic N) is 2. The number of rotatable bonds is 5. The Morgan fingerprint density at radius 1 is 1.06 bits per heavy atom. The van der Waals surface area contributed by atoms with Crippen molar-refractivity contribution in [2.75, 3.05) is 39.4 Å². The molecule has 9 heteroatoms. The molecule has 0 aliphatic carbocycles. The Balaban J connectivity index is 1.33. The van der Waals surface area contributed by atoms with E-state index in [-0.39, 0.29) is 36.0 Å². The van der Waals surface area contributed by atoms with E-state index in [1.165, 1.54) is 12.1 Å². The molecule has 1 saturated heterocycles. The summed E-state index contributed by atoms with van der Waals surface area (Å²) in [6, 6.07) is 10.5. The molecule has 0 atom stereocenters. The van der Waals surface area contributed by atoms with Gasteiger partial charge >= 0.3 is 6.09 Å². The SMILES string of the molecule is CCOC(=O)N1CCN(C(=O)COc2ccc3c(c2)OC(=Cc2ccc(F)cc2)C3=O)CC1. The number of fused-ring (bicyclic) bond motifs is 1. The Kier molecular flexibility index (Phi) is 6.58. The zero-order valence-electron chi connectivity index (χ0n) is 18.1. The van der Waals surface area contributed by atoms with Crippen LogP contribution >= 0.6 is 0 Å². The number of amides is 2. The van der Waals surface area contributed by atoms with Crippen molar-refractivity contribution in [1.29, 1.82) is 0 Å². The molecule has 8 nitrogen and oxygen atoms in total. The van der Waals surface area contributed by atoms with Crippen LogP contribution in [0.4, 0.5) is 9.18 Å². The molecule has 0 bridgehead atoms. The van der Waals surface area contributed by atoms with Gasteiger partial charge in [-0.15, -0.1) is 0 Å². The average Bonchev–Trinajstić information content (AvgIpc) is 3.13. The molecule has 2 heterocycles. The smallest absolute Gasteiger partial charge is 0.409 e. The number of ketones is 1. The molecular weight excluding hydrogens is 431 g/mol. The number of benzene rings is 2. The predicted octanol–water partition coefficient (Wildman–Crippen LogP) is 3.12. The summed E-state index contributed by atoms with van der Waals surface area (Å²) in [6.45, 7) is 3.50. The molecule has 2 amide bonds. The normalized spacial score (nSPS) is 16.4. The number of halogens is 1. The molecule has 2 aromatic carbocycles. The van der Waals surface area contributed by atoms with Crippen LogP contribution in [0.5, 0.6) is 11.5 Å². The van der Waals surface area contributed by atoms with Crippen LogP contribution in [0.3, 0.4) is 0 Å². The van der Waals surface area contributed by atoms with Gasteiger partial charge in [0.25, 0.3) is 5.91 Å². The highest BCUT2D eigenvalue weighted by Gasteiger charge is 2.28.